The van der Waals surface area contributed by atoms with E-state index in [0.717, 1.165) is 19.4 Å². The average molecular weight is 243 g/mol. The van der Waals surface area contributed by atoms with Crippen molar-refractivity contribution in [1.29, 1.82) is 0 Å². The molecule has 2 aliphatic heterocycles. The zero-order valence-corrected chi connectivity index (χ0v) is 10.9. The summed E-state index contributed by atoms with van der Waals surface area (Å²) in [5.41, 5.74) is 0. The number of likely N-dealkylation sites (tertiary alicyclic amines) is 1. The van der Waals surface area contributed by atoms with Gasteiger partial charge in [0.05, 0.1) is 0 Å². The van der Waals surface area contributed by atoms with Crippen molar-refractivity contribution >= 4 is 29.4 Å². The molecular formula is C11H17NOS2. The second-order valence-electron chi connectivity index (χ2n) is 4.05. The Kier molecular flexibility index (Phi) is 3.67. The van der Waals surface area contributed by atoms with E-state index in [0.29, 0.717) is 10.6 Å². The average Bonchev–Trinajstić information content (AvgIpc) is 2.41. The first-order chi connectivity index (χ1) is 7.18. The molecule has 1 amide bonds. The summed E-state index contributed by atoms with van der Waals surface area (Å²) in [6.07, 6.45) is 4.19. The molecule has 0 aromatic heterocycles. The predicted octanol–water partition coefficient (Wildman–Crippen LogP) is 3.40. The molecule has 0 aromatic carbocycles. The Morgan fingerprint density at radius 1 is 1.13 bits per heavy atom. The first-order valence-electron chi connectivity index (χ1n) is 5.49. The van der Waals surface area contributed by atoms with Crippen molar-refractivity contribution in [2.75, 3.05) is 6.54 Å². The van der Waals surface area contributed by atoms with Crippen LogP contribution in [0.25, 0.3) is 0 Å². The van der Waals surface area contributed by atoms with Gasteiger partial charge in [-0.3, -0.25) is 4.79 Å². The van der Waals surface area contributed by atoms with Crippen LogP contribution < -0.4 is 0 Å². The molecule has 1 saturated heterocycles. The molecule has 2 rings (SSSR count). The van der Waals surface area contributed by atoms with E-state index < -0.39 is 0 Å². The summed E-state index contributed by atoms with van der Waals surface area (Å²) in [6, 6.07) is 0. The first kappa shape index (κ1) is 11.4. The number of hydrogen-bond acceptors (Lipinski definition) is 3. The SMILES string of the molecule is CC1=C(C)SC(N2CCCCCC2=O)S1. The smallest absolute Gasteiger partial charge is 0.224 e. The van der Waals surface area contributed by atoms with E-state index in [1.807, 2.05) is 23.5 Å². The van der Waals surface area contributed by atoms with Gasteiger partial charge in [-0.15, -0.1) is 0 Å². The molecule has 0 bridgehead atoms. The van der Waals surface area contributed by atoms with Crippen LogP contribution in [0.15, 0.2) is 9.81 Å². The highest BCUT2D eigenvalue weighted by Gasteiger charge is 2.30. The second-order valence-corrected chi connectivity index (χ2v) is 6.94. The molecule has 15 heavy (non-hydrogen) atoms. The van der Waals surface area contributed by atoms with Crippen LogP contribution in [-0.2, 0) is 4.79 Å². The number of carbonyl (C=O) groups is 1. The quantitative estimate of drug-likeness (QED) is 0.704. The molecular weight excluding hydrogens is 226 g/mol. The molecule has 0 saturated carbocycles. The number of hydrogen-bond donors (Lipinski definition) is 0. The van der Waals surface area contributed by atoms with Crippen molar-refractivity contribution < 1.29 is 4.79 Å². The van der Waals surface area contributed by atoms with Crippen LogP contribution in [0.3, 0.4) is 0 Å². The predicted molar refractivity (Wildman–Crippen MR) is 67.5 cm³/mol. The molecule has 84 valence electrons. The number of thioether (sulfide) groups is 2. The fourth-order valence-corrected chi connectivity index (χ4v) is 4.83. The topological polar surface area (TPSA) is 20.3 Å². The maximum absolute atomic E-state index is 11.9. The van der Waals surface area contributed by atoms with Gasteiger partial charge in [-0.1, -0.05) is 29.9 Å². The zero-order chi connectivity index (χ0) is 10.8. The third-order valence-corrected chi connectivity index (χ3v) is 5.85. The van der Waals surface area contributed by atoms with Crippen LogP contribution in [0.2, 0.25) is 0 Å². The van der Waals surface area contributed by atoms with Crippen molar-refractivity contribution in [2.45, 2.75) is 44.2 Å². The van der Waals surface area contributed by atoms with Crippen molar-refractivity contribution in [3.8, 4) is 0 Å². The Hall–Kier alpha value is -0.0900. The van der Waals surface area contributed by atoms with Gasteiger partial charge >= 0.3 is 0 Å². The van der Waals surface area contributed by atoms with Crippen LogP contribution in [0, 0.1) is 0 Å². The highest BCUT2D eigenvalue weighted by molar-refractivity contribution is 8.23. The maximum atomic E-state index is 11.9. The second kappa shape index (κ2) is 4.83. The lowest BCUT2D eigenvalue weighted by Gasteiger charge is -2.26. The van der Waals surface area contributed by atoms with Crippen LogP contribution in [-0.4, -0.2) is 22.1 Å². The van der Waals surface area contributed by atoms with E-state index in [2.05, 4.69) is 18.7 Å². The highest BCUT2D eigenvalue weighted by Crippen LogP contribution is 2.47. The minimum atomic E-state index is 0.315. The van der Waals surface area contributed by atoms with Crippen LogP contribution >= 0.6 is 23.5 Å². The lowest BCUT2D eigenvalue weighted by Crippen LogP contribution is -2.35. The fraction of sp³-hybridized carbons (Fsp3) is 0.727. The van der Waals surface area contributed by atoms with Crippen molar-refractivity contribution in [2.24, 2.45) is 0 Å². The lowest BCUT2D eigenvalue weighted by molar-refractivity contribution is -0.130. The van der Waals surface area contributed by atoms with E-state index in [-0.39, 0.29) is 0 Å². The number of allylic oxidation sites excluding steroid dienone is 2. The molecule has 4 heteroatoms. The standard InChI is InChI=1S/C11H17NOS2/c1-8-9(2)15-11(14-8)12-7-5-3-4-6-10(12)13/h11H,3-7H2,1-2H3. The summed E-state index contributed by atoms with van der Waals surface area (Å²) >= 11 is 3.68. The van der Waals surface area contributed by atoms with Gasteiger partial charge in [0.25, 0.3) is 0 Å². The zero-order valence-electron chi connectivity index (χ0n) is 9.28. The molecule has 0 aliphatic carbocycles. The Morgan fingerprint density at radius 2 is 1.80 bits per heavy atom. The van der Waals surface area contributed by atoms with Crippen molar-refractivity contribution in [3.05, 3.63) is 9.81 Å². The van der Waals surface area contributed by atoms with Crippen molar-refractivity contribution in [1.82, 2.24) is 4.90 Å². The minimum absolute atomic E-state index is 0.315. The van der Waals surface area contributed by atoms with Crippen molar-refractivity contribution in [3.63, 3.8) is 0 Å². The molecule has 0 spiro atoms. The van der Waals surface area contributed by atoms with Gasteiger partial charge in [-0.05, 0) is 36.5 Å². The van der Waals surface area contributed by atoms with E-state index >= 15 is 0 Å². The molecule has 0 radical (unpaired) electrons. The van der Waals surface area contributed by atoms with Gasteiger partial charge in [0, 0.05) is 13.0 Å². The normalized spacial score (nSPS) is 24.9. The first-order valence-corrected chi connectivity index (χ1v) is 7.24. The Labute approximate surface area is 99.9 Å². The number of carbonyl (C=O) groups excluding carboxylic acids is 1. The summed E-state index contributed by atoms with van der Waals surface area (Å²) in [6.45, 7) is 5.24. The third kappa shape index (κ3) is 2.53. The van der Waals surface area contributed by atoms with Gasteiger partial charge in [0.2, 0.25) is 5.91 Å². The van der Waals surface area contributed by atoms with Gasteiger partial charge < -0.3 is 4.90 Å². The lowest BCUT2D eigenvalue weighted by atomic mass is 10.2. The fourth-order valence-electron chi connectivity index (χ4n) is 1.85. The maximum Gasteiger partial charge on any atom is 0.224 e. The molecule has 0 atom stereocenters. The molecule has 0 N–H and O–H groups in total. The van der Waals surface area contributed by atoms with Gasteiger partial charge in [0.15, 0.2) is 0 Å². The van der Waals surface area contributed by atoms with Gasteiger partial charge in [-0.25, -0.2) is 0 Å². The third-order valence-electron chi connectivity index (χ3n) is 2.92. The monoisotopic (exact) mass is 243 g/mol. The summed E-state index contributed by atoms with van der Waals surface area (Å²) in [7, 11) is 0. The van der Waals surface area contributed by atoms with E-state index in [1.165, 1.54) is 22.7 Å². The molecule has 0 aromatic rings. The Bertz CT molecular complexity index is 287. The molecule has 2 heterocycles. The summed E-state index contributed by atoms with van der Waals surface area (Å²) < 4.78 is 0.315. The number of rotatable bonds is 1. The van der Waals surface area contributed by atoms with E-state index in [9.17, 15) is 4.79 Å². The number of amides is 1. The summed E-state index contributed by atoms with van der Waals surface area (Å²) in [5.74, 6) is 0.347. The van der Waals surface area contributed by atoms with Crippen LogP contribution in [0.1, 0.15) is 39.5 Å². The number of nitrogens with zero attached hydrogens (tertiary/aromatic N) is 1. The van der Waals surface area contributed by atoms with E-state index in [1.54, 1.807) is 0 Å². The molecule has 1 fully saturated rings. The Morgan fingerprint density at radius 3 is 2.47 bits per heavy atom. The highest BCUT2D eigenvalue weighted by atomic mass is 32.2. The largest absolute Gasteiger partial charge is 0.321 e. The van der Waals surface area contributed by atoms with Gasteiger partial charge in [-0.2, -0.15) is 0 Å². The van der Waals surface area contributed by atoms with E-state index in [4.69, 9.17) is 0 Å². The molecule has 2 nitrogen and oxygen atoms in total. The van der Waals surface area contributed by atoms with Gasteiger partial charge in [0.1, 0.15) is 4.71 Å². The summed E-state index contributed by atoms with van der Waals surface area (Å²) in [4.78, 5) is 16.7. The summed E-state index contributed by atoms with van der Waals surface area (Å²) in [5, 5.41) is 0. The molecule has 0 unspecified atom stereocenters. The molecule has 2 aliphatic rings. The van der Waals surface area contributed by atoms with Crippen LogP contribution in [0.5, 0.6) is 0 Å². The van der Waals surface area contributed by atoms with Crippen LogP contribution in [0.4, 0.5) is 0 Å². The Balaban J connectivity index is 2.01. The minimum Gasteiger partial charge on any atom is -0.321 e.